The fourth-order valence-corrected chi connectivity index (χ4v) is 1.71. The summed E-state index contributed by atoms with van der Waals surface area (Å²) >= 11 is 3.28. The molecule has 0 saturated heterocycles. The van der Waals surface area contributed by atoms with Gasteiger partial charge in [-0.2, -0.15) is 0 Å². The van der Waals surface area contributed by atoms with E-state index in [9.17, 15) is 8.42 Å². The first kappa shape index (κ1) is 11.4. The third-order valence-electron chi connectivity index (χ3n) is 1.44. The zero-order chi connectivity index (χ0) is 10.6. The van der Waals surface area contributed by atoms with E-state index in [0.29, 0.717) is 0 Å². The molecule has 5 heteroatoms. The zero-order valence-corrected chi connectivity index (χ0v) is 10.0. The maximum absolute atomic E-state index is 10.8. The molecule has 0 aromatic carbocycles. The van der Waals surface area contributed by atoms with Crippen molar-refractivity contribution < 1.29 is 8.42 Å². The van der Waals surface area contributed by atoms with Gasteiger partial charge in [0, 0.05) is 23.1 Å². The molecule has 0 radical (unpaired) electrons. The fraction of sp³-hybridized carbons (Fsp3) is 0.222. The first-order valence-electron chi connectivity index (χ1n) is 3.92. The van der Waals surface area contributed by atoms with E-state index < -0.39 is 9.84 Å². The van der Waals surface area contributed by atoms with E-state index in [1.807, 2.05) is 6.07 Å². The van der Waals surface area contributed by atoms with E-state index in [0.717, 1.165) is 10.0 Å². The lowest BCUT2D eigenvalue weighted by Crippen LogP contribution is -1.98. The Morgan fingerprint density at radius 3 is 2.79 bits per heavy atom. The Labute approximate surface area is 91.9 Å². The predicted molar refractivity (Wildman–Crippen MR) is 60.7 cm³/mol. The molecule has 0 aliphatic rings. The molecule has 14 heavy (non-hydrogen) atoms. The molecule has 0 unspecified atom stereocenters. The number of nitrogens with zero attached hydrogens (tertiary/aromatic N) is 1. The highest BCUT2D eigenvalue weighted by Crippen LogP contribution is 2.10. The first-order chi connectivity index (χ1) is 6.47. The Bertz CT molecular complexity index is 440. The van der Waals surface area contributed by atoms with Crippen molar-refractivity contribution in [2.45, 2.75) is 0 Å². The number of aromatic nitrogens is 1. The summed E-state index contributed by atoms with van der Waals surface area (Å²) in [6, 6.07) is 1.87. The lowest BCUT2D eigenvalue weighted by molar-refractivity contribution is 0.604. The van der Waals surface area contributed by atoms with Gasteiger partial charge in [-0.15, -0.1) is 0 Å². The van der Waals surface area contributed by atoms with Gasteiger partial charge in [0.25, 0.3) is 0 Å². The normalized spacial score (nSPS) is 12.1. The van der Waals surface area contributed by atoms with Gasteiger partial charge in [0.1, 0.15) is 0 Å². The third kappa shape index (κ3) is 4.53. The summed E-state index contributed by atoms with van der Waals surface area (Å²) in [5.41, 5.74) is 0.878. The van der Waals surface area contributed by atoms with Gasteiger partial charge in [-0.3, -0.25) is 4.98 Å². The predicted octanol–water partition coefficient (Wildman–Crippen LogP) is 1.90. The fourth-order valence-electron chi connectivity index (χ4n) is 0.878. The van der Waals surface area contributed by atoms with E-state index in [4.69, 9.17) is 0 Å². The van der Waals surface area contributed by atoms with Crippen molar-refractivity contribution >= 4 is 31.8 Å². The molecule has 0 spiro atoms. The maximum Gasteiger partial charge on any atom is 0.151 e. The standard InChI is InChI=1S/C9H10BrNO2S/c1-14(12,13)4-2-3-8-5-9(10)7-11-6-8/h2-3,5-7H,4H2,1H3/b3-2+. The topological polar surface area (TPSA) is 47.0 Å². The monoisotopic (exact) mass is 275 g/mol. The molecule has 1 aromatic rings. The highest BCUT2D eigenvalue weighted by Gasteiger charge is 1.96. The number of halogens is 1. The van der Waals surface area contributed by atoms with Crippen LogP contribution in [0.4, 0.5) is 0 Å². The highest BCUT2D eigenvalue weighted by atomic mass is 79.9. The minimum absolute atomic E-state index is 0.0551. The van der Waals surface area contributed by atoms with Crippen molar-refractivity contribution in [3.63, 3.8) is 0 Å². The van der Waals surface area contributed by atoms with E-state index in [1.165, 1.54) is 6.26 Å². The average molecular weight is 276 g/mol. The van der Waals surface area contributed by atoms with Crippen LogP contribution in [0.5, 0.6) is 0 Å². The molecular weight excluding hydrogens is 266 g/mol. The average Bonchev–Trinajstić information content (AvgIpc) is 2.01. The van der Waals surface area contributed by atoms with E-state index in [1.54, 1.807) is 24.5 Å². The van der Waals surface area contributed by atoms with Crippen LogP contribution in [0.3, 0.4) is 0 Å². The molecule has 0 fully saturated rings. The number of pyridine rings is 1. The molecule has 0 amide bonds. The van der Waals surface area contributed by atoms with Gasteiger partial charge >= 0.3 is 0 Å². The van der Waals surface area contributed by atoms with Crippen molar-refractivity contribution in [1.82, 2.24) is 4.98 Å². The second-order valence-corrected chi connectivity index (χ2v) is 6.03. The van der Waals surface area contributed by atoms with Gasteiger partial charge < -0.3 is 0 Å². The maximum atomic E-state index is 10.8. The summed E-state index contributed by atoms with van der Waals surface area (Å²) in [5.74, 6) is 0.0551. The molecule has 0 atom stereocenters. The Hall–Kier alpha value is -0.680. The summed E-state index contributed by atoms with van der Waals surface area (Å²) in [6.07, 6.45) is 7.89. The summed E-state index contributed by atoms with van der Waals surface area (Å²) in [4.78, 5) is 3.95. The lowest BCUT2D eigenvalue weighted by atomic mass is 10.3. The minimum Gasteiger partial charge on any atom is -0.263 e. The summed E-state index contributed by atoms with van der Waals surface area (Å²) < 4.78 is 22.5. The Morgan fingerprint density at radius 1 is 1.50 bits per heavy atom. The van der Waals surface area contributed by atoms with Crippen molar-refractivity contribution in [2.75, 3.05) is 12.0 Å². The van der Waals surface area contributed by atoms with Crippen LogP contribution in [0.2, 0.25) is 0 Å². The van der Waals surface area contributed by atoms with Crippen LogP contribution in [0.15, 0.2) is 29.0 Å². The molecule has 0 saturated carbocycles. The molecular formula is C9H10BrNO2S. The first-order valence-corrected chi connectivity index (χ1v) is 6.77. The van der Waals surface area contributed by atoms with Gasteiger partial charge in [0.15, 0.2) is 9.84 Å². The Kier molecular flexibility index (Phi) is 3.83. The molecule has 0 aliphatic carbocycles. The summed E-state index contributed by atoms with van der Waals surface area (Å²) in [6.45, 7) is 0. The van der Waals surface area contributed by atoms with Crippen LogP contribution in [-0.2, 0) is 9.84 Å². The van der Waals surface area contributed by atoms with E-state index >= 15 is 0 Å². The Morgan fingerprint density at radius 2 is 2.21 bits per heavy atom. The van der Waals surface area contributed by atoms with Gasteiger partial charge in [-0.1, -0.05) is 12.2 Å². The van der Waals surface area contributed by atoms with Crippen molar-refractivity contribution in [3.8, 4) is 0 Å². The number of hydrogen-bond donors (Lipinski definition) is 0. The van der Waals surface area contributed by atoms with Crippen molar-refractivity contribution in [2.24, 2.45) is 0 Å². The number of sulfone groups is 1. The lowest BCUT2D eigenvalue weighted by Gasteiger charge is -1.93. The highest BCUT2D eigenvalue weighted by molar-refractivity contribution is 9.10. The van der Waals surface area contributed by atoms with Crippen LogP contribution < -0.4 is 0 Å². The largest absolute Gasteiger partial charge is 0.263 e. The molecule has 76 valence electrons. The van der Waals surface area contributed by atoms with Gasteiger partial charge in [0.2, 0.25) is 0 Å². The second kappa shape index (κ2) is 4.70. The van der Waals surface area contributed by atoms with Crippen molar-refractivity contribution in [1.29, 1.82) is 0 Å². The molecule has 3 nitrogen and oxygen atoms in total. The van der Waals surface area contributed by atoms with Crippen LogP contribution in [0.25, 0.3) is 6.08 Å². The van der Waals surface area contributed by atoms with Crippen LogP contribution in [-0.4, -0.2) is 25.4 Å². The molecule has 1 heterocycles. The molecule has 1 aromatic heterocycles. The minimum atomic E-state index is -2.92. The Balaban J connectivity index is 2.70. The van der Waals surface area contributed by atoms with Crippen LogP contribution in [0.1, 0.15) is 5.56 Å². The van der Waals surface area contributed by atoms with E-state index in [-0.39, 0.29) is 5.75 Å². The summed E-state index contributed by atoms with van der Waals surface area (Å²) in [5, 5.41) is 0. The molecule has 0 aliphatic heterocycles. The SMILES string of the molecule is CS(=O)(=O)C/C=C/c1cncc(Br)c1. The second-order valence-electron chi connectivity index (χ2n) is 2.93. The van der Waals surface area contributed by atoms with Gasteiger partial charge in [0.05, 0.1) is 5.75 Å². The molecule has 1 rings (SSSR count). The third-order valence-corrected chi connectivity index (χ3v) is 2.67. The number of rotatable bonds is 3. The molecule has 0 N–H and O–H groups in total. The number of hydrogen-bond acceptors (Lipinski definition) is 3. The van der Waals surface area contributed by atoms with Crippen molar-refractivity contribution in [3.05, 3.63) is 34.6 Å². The van der Waals surface area contributed by atoms with Gasteiger partial charge in [-0.25, -0.2) is 8.42 Å². The van der Waals surface area contributed by atoms with Crippen LogP contribution in [0, 0.1) is 0 Å². The smallest absolute Gasteiger partial charge is 0.151 e. The quantitative estimate of drug-likeness (QED) is 0.847. The molecule has 0 bridgehead atoms. The summed E-state index contributed by atoms with van der Waals surface area (Å²) in [7, 11) is -2.92. The van der Waals surface area contributed by atoms with Crippen LogP contribution >= 0.6 is 15.9 Å². The van der Waals surface area contributed by atoms with Gasteiger partial charge in [-0.05, 0) is 27.6 Å². The van der Waals surface area contributed by atoms with E-state index in [2.05, 4.69) is 20.9 Å². The zero-order valence-electron chi connectivity index (χ0n) is 7.64.